The van der Waals surface area contributed by atoms with Gasteiger partial charge in [-0.1, -0.05) is 21.5 Å². The molecule has 8 heavy (non-hydrogen) atoms. The molecular formula is C6H8BrN. The van der Waals surface area contributed by atoms with Gasteiger partial charge in [-0.2, -0.15) is 0 Å². The van der Waals surface area contributed by atoms with Crippen molar-refractivity contribution in [1.29, 1.82) is 0 Å². The predicted molar refractivity (Wildman–Crippen MR) is 39.6 cm³/mol. The van der Waals surface area contributed by atoms with E-state index in [4.69, 9.17) is 0 Å². The molecule has 1 rings (SSSR count). The Morgan fingerprint density at radius 3 is 3.00 bits per heavy atom. The lowest BCUT2D eigenvalue weighted by molar-refractivity contribution is 1.02. The van der Waals surface area contributed by atoms with Crippen molar-refractivity contribution in [2.24, 2.45) is 4.99 Å². The number of aliphatic imine (C=N–C) groups is 1. The van der Waals surface area contributed by atoms with Crippen LogP contribution < -0.4 is 0 Å². The van der Waals surface area contributed by atoms with Crippen molar-refractivity contribution in [2.75, 3.05) is 0 Å². The van der Waals surface area contributed by atoms with Crippen LogP contribution in [0, 0.1) is 0 Å². The van der Waals surface area contributed by atoms with Gasteiger partial charge in [0.15, 0.2) is 0 Å². The third kappa shape index (κ3) is 1.44. The van der Waals surface area contributed by atoms with E-state index in [-0.39, 0.29) is 0 Å². The second-order valence-electron chi connectivity index (χ2n) is 1.99. The SMILES string of the molecule is CC1=CN=CC(Br)C1. The zero-order valence-electron chi connectivity index (χ0n) is 4.76. The Labute approximate surface area is 57.6 Å². The van der Waals surface area contributed by atoms with Gasteiger partial charge in [0.2, 0.25) is 0 Å². The van der Waals surface area contributed by atoms with Crippen molar-refractivity contribution in [3.05, 3.63) is 11.8 Å². The van der Waals surface area contributed by atoms with E-state index in [1.165, 1.54) is 5.57 Å². The van der Waals surface area contributed by atoms with Gasteiger partial charge in [-0.05, 0) is 13.3 Å². The standard InChI is InChI=1S/C6H8BrN/c1-5-2-6(7)4-8-3-5/h3-4,6H,2H2,1H3. The first kappa shape index (κ1) is 6.02. The summed E-state index contributed by atoms with van der Waals surface area (Å²) in [4.78, 5) is 4.47. The normalized spacial score (nSPS) is 27.8. The first-order chi connectivity index (χ1) is 3.79. The fraction of sp³-hybridized carbons (Fsp3) is 0.500. The first-order valence-corrected chi connectivity index (χ1v) is 3.53. The largest absolute Gasteiger partial charge is 0.268 e. The van der Waals surface area contributed by atoms with Gasteiger partial charge in [0.1, 0.15) is 0 Å². The molecule has 0 aliphatic carbocycles. The molecule has 1 unspecified atom stereocenters. The minimum Gasteiger partial charge on any atom is -0.268 e. The molecule has 0 amide bonds. The topological polar surface area (TPSA) is 12.4 Å². The van der Waals surface area contributed by atoms with Crippen LogP contribution in [-0.2, 0) is 0 Å². The van der Waals surface area contributed by atoms with Crippen molar-refractivity contribution in [3.8, 4) is 0 Å². The molecule has 0 fully saturated rings. The van der Waals surface area contributed by atoms with E-state index in [0.29, 0.717) is 4.83 Å². The Hall–Kier alpha value is -0.110. The van der Waals surface area contributed by atoms with Crippen LogP contribution in [0.4, 0.5) is 0 Å². The van der Waals surface area contributed by atoms with Crippen LogP contribution >= 0.6 is 15.9 Å². The number of rotatable bonds is 0. The molecule has 1 atom stereocenters. The smallest absolute Gasteiger partial charge is 0.0536 e. The highest BCUT2D eigenvalue weighted by molar-refractivity contribution is 9.10. The molecule has 1 aliphatic rings. The lowest BCUT2D eigenvalue weighted by Crippen LogP contribution is -2.02. The number of alkyl halides is 1. The van der Waals surface area contributed by atoms with Gasteiger partial charge in [-0.15, -0.1) is 0 Å². The number of allylic oxidation sites excluding steroid dienone is 1. The summed E-state index contributed by atoms with van der Waals surface area (Å²) in [6.07, 6.45) is 4.91. The summed E-state index contributed by atoms with van der Waals surface area (Å²) in [6.45, 7) is 2.09. The number of halogens is 1. The summed E-state index contributed by atoms with van der Waals surface area (Å²) in [6, 6.07) is 0. The molecule has 0 saturated carbocycles. The van der Waals surface area contributed by atoms with Crippen LogP contribution in [0.15, 0.2) is 16.8 Å². The van der Waals surface area contributed by atoms with E-state index >= 15 is 0 Å². The Balaban J connectivity index is 2.59. The highest BCUT2D eigenvalue weighted by Gasteiger charge is 2.03. The van der Waals surface area contributed by atoms with Gasteiger partial charge >= 0.3 is 0 Å². The summed E-state index contributed by atoms with van der Waals surface area (Å²) in [5.41, 5.74) is 1.34. The monoisotopic (exact) mass is 173 g/mol. The van der Waals surface area contributed by atoms with Crippen LogP contribution in [0.2, 0.25) is 0 Å². The molecule has 0 saturated heterocycles. The van der Waals surface area contributed by atoms with Crippen LogP contribution in [0.25, 0.3) is 0 Å². The molecule has 1 aliphatic heterocycles. The molecule has 0 aromatic heterocycles. The fourth-order valence-corrected chi connectivity index (χ4v) is 1.32. The summed E-state index contributed by atoms with van der Waals surface area (Å²) in [5.74, 6) is 0. The molecule has 0 spiro atoms. The summed E-state index contributed by atoms with van der Waals surface area (Å²) in [5, 5.41) is 0. The zero-order valence-corrected chi connectivity index (χ0v) is 6.35. The van der Waals surface area contributed by atoms with Crippen LogP contribution in [0.1, 0.15) is 13.3 Å². The van der Waals surface area contributed by atoms with Gasteiger partial charge in [0.05, 0.1) is 4.83 Å². The number of nitrogens with zero attached hydrogens (tertiary/aromatic N) is 1. The van der Waals surface area contributed by atoms with E-state index in [0.717, 1.165) is 6.42 Å². The lowest BCUT2D eigenvalue weighted by Gasteiger charge is -2.06. The Bertz CT molecular complexity index is 137. The molecule has 0 aromatic rings. The van der Waals surface area contributed by atoms with Crippen molar-refractivity contribution in [1.82, 2.24) is 0 Å². The van der Waals surface area contributed by atoms with Crippen LogP contribution in [0.5, 0.6) is 0 Å². The minimum absolute atomic E-state index is 0.465. The average Bonchev–Trinajstić information content (AvgIpc) is 1.64. The van der Waals surface area contributed by atoms with E-state index < -0.39 is 0 Å². The van der Waals surface area contributed by atoms with E-state index in [2.05, 4.69) is 27.8 Å². The summed E-state index contributed by atoms with van der Waals surface area (Å²) >= 11 is 3.44. The first-order valence-electron chi connectivity index (χ1n) is 2.62. The van der Waals surface area contributed by atoms with E-state index in [9.17, 15) is 0 Å². The van der Waals surface area contributed by atoms with Crippen molar-refractivity contribution in [3.63, 3.8) is 0 Å². The van der Waals surface area contributed by atoms with Gasteiger partial charge < -0.3 is 0 Å². The van der Waals surface area contributed by atoms with Gasteiger partial charge in [0, 0.05) is 12.4 Å². The third-order valence-corrected chi connectivity index (χ3v) is 1.62. The Morgan fingerprint density at radius 1 is 1.88 bits per heavy atom. The van der Waals surface area contributed by atoms with Crippen molar-refractivity contribution < 1.29 is 0 Å². The third-order valence-electron chi connectivity index (χ3n) is 1.06. The fourth-order valence-electron chi connectivity index (χ4n) is 0.677. The maximum atomic E-state index is 4.01. The van der Waals surface area contributed by atoms with Gasteiger partial charge in [-0.3, -0.25) is 4.99 Å². The lowest BCUT2D eigenvalue weighted by atomic mass is 10.2. The molecule has 0 bridgehead atoms. The molecule has 1 heterocycles. The highest BCUT2D eigenvalue weighted by atomic mass is 79.9. The van der Waals surface area contributed by atoms with Gasteiger partial charge in [0.25, 0.3) is 0 Å². The average molecular weight is 174 g/mol. The van der Waals surface area contributed by atoms with E-state index in [1.54, 1.807) is 0 Å². The summed E-state index contributed by atoms with van der Waals surface area (Å²) < 4.78 is 0. The van der Waals surface area contributed by atoms with Crippen molar-refractivity contribution in [2.45, 2.75) is 18.2 Å². The predicted octanol–water partition coefficient (Wildman–Crippen LogP) is 2.13. The molecule has 1 nitrogen and oxygen atoms in total. The summed E-state index contributed by atoms with van der Waals surface area (Å²) in [7, 11) is 0. The highest BCUT2D eigenvalue weighted by Crippen LogP contribution is 2.13. The van der Waals surface area contributed by atoms with Crippen LogP contribution in [0.3, 0.4) is 0 Å². The Morgan fingerprint density at radius 2 is 2.62 bits per heavy atom. The minimum atomic E-state index is 0.465. The molecule has 44 valence electrons. The molecule has 0 N–H and O–H groups in total. The maximum Gasteiger partial charge on any atom is 0.0536 e. The zero-order chi connectivity index (χ0) is 5.98. The maximum absolute atomic E-state index is 4.01. The second-order valence-corrected chi connectivity index (χ2v) is 3.17. The van der Waals surface area contributed by atoms with Gasteiger partial charge in [-0.25, -0.2) is 0 Å². The van der Waals surface area contributed by atoms with Crippen molar-refractivity contribution >= 4 is 22.1 Å². The quantitative estimate of drug-likeness (QED) is 0.499. The van der Waals surface area contributed by atoms with E-state index in [1.807, 2.05) is 12.4 Å². The number of hydrogen-bond donors (Lipinski definition) is 0. The second kappa shape index (κ2) is 2.44. The molecule has 2 heteroatoms. The molecule has 0 radical (unpaired) electrons. The van der Waals surface area contributed by atoms with Crippen LogP contribution in [-0.4, -0.2) is 11.0 Å². The number of hydrogen-bond acceptors (Lipinski definition) is 1. The Kier molecular flexibility index (Phi) is 1.84. The molecule has 0 aromatic carbocycles. The molecular weight excluding hydrogens is 166 g/mol.